The van der Waals surface area contributed by atoms with Crippen molar-refractivity contribution in [2.75, 3.05) is 13.2 Å². The molecule has 128 valence electrons. The molecule has 1 amide bonds. The van der Waals surface area contributed by atoms with Gasteiger partial charge in [-0.05, 0) is 34.7 Å². The molecule has 0 aliphatic rings. The van der Waals surface area contributed by atoms with Crippen LogP contribution in [-0.4, -0.2) is 19.1 Å². The summed E-state index contributed by atoms with van der Waals surface area (Å²) in [5, 5.41) is 2.87. The van der Waals surface area contributed by atoms with E-state index < -0.39 is 0 Å². The number of nitrogens with one attached hydrogen (secondary N) is 1. The third-order valence-corrected chi connectivity index (χ3v) is 3.79. The van der Waals surface area contributed by atoms with Crippen LogP contribution in [0.1, 0.15) is 42.3 Å². The number of amides is 1. The van der Waals surface area contributed by atoms with Crippen molar-refractivity contribution in [3.8, 4) is 5.75 Å². The largest absolute Gasteiger partial charge is 0.491 e. The molecular weight excluding hydrogens is 300 g/mol. The van der Waals surface area contributed by atoms with Crippen molar-refractivity contribution >= 4 is 5.91 Å². The number of para-hydroxylation sites is 1. The number of nitrogens with two attached hydrogens (primary N) is 1. The summed E-state index contributed by atoms with van der Waals surface area (Å²) in [6.07, 6.45) is 0. The van der Waals surface area contributed by atoms with Crippen LogP contribution in [0.4, 0.5) is 0 Å². The molecule has 4 nitrogen and oxygen atoms in total. The van der Waals surface area contributed by atoms with Crippen LogP contribution in [0, 0.1) is 0 Å². The van der Waals surface area contributed by atoms with Gasteiger partial charge in [0.2, 0.25) is 0 Å². The molecule has 0 saturated carbocycles. The molecule has 0 aliphatic heterocycles. The van der Waals surface area contributed by atoms with E-state index in [2.05, 4.69) is 32.2 Å². The van der Waals surface area contributed by atoms with Gasteiger partial charge in [-0.2, -0.15) is 0 Å². The van der Waals surface area contributed by atoms with Crippen molar-refractivity contribution in [1.82, 2.24) is 5.32 Å². The van der Waals surface area contributed by atoms with Crippen LogP contribution in [0.15, 0.2) is 48.5 Å². The van der Waals surface area contributed by atoms with E-state index in [1.165, 1.54) is 0 Å². The summed E-state index contributed by atoms with van der Waals surface area (Å²) in [6, 6.07) is 15.3. The topological polar surface area (TPSA) is 64.3 Å². The third kappa shape index (κ3) is 4.83. The highest BCUT2D eigenvalue weighted by Gasteiger charge is 2.18. The second-order valence-electron chi connectivity index (χ2n) is 6.75. The Hall–Kier alpha value is -2.33. The smallest absolute Gasteiger partial charge is 0.251 e. The Labute approximate surface area is 144 Å². The van der Waals surface area contributed by atoms with E-state index in [4.69, 9.17) is 10.5 Å². The van der Waals surface area contributed by atoms with Gasteiger partial charge < -0.3 is 15.8 Å². The molecule has 0 heterocycles. The predicted octanol–water partition coefficient (Wildman–Crippen LogP) is 3.25. The number of rotatable bonds is 6. The first-order valence-electron chi connectivity index (χ1n) is 8.21. The first-order valence-corrected chi connectivity index (χ1v) is 8.21. The number of carbonyl (C=O) groups is 1. The average molecular weight is 326 g/mol. The van der Waals surface area contributed by atoms with Crippen molar-refractivity contribution in [3.63, 3.8) is 0 Å². The van der Waals surface area contributed by atoms with Crippen molar-refractivity contribution in [2.24, 2.45) is 5.73 Å². The molecule has 2 aromatic carbocycles. The Bertz CT molecular complexity index is 673. The number of ether oxygens (including phenoxy) is 1. The molecule has 3 N–H and O–H groups in total. The zero-order valence-electron chi connectivity index (χ0n) is 14.6. The van der Waals surface area contributed by atoms with E-state index in [-0.39, 0.29) is 11.3 Å². The molecule has 2 rings (SSSR count). The van der Waals surface area contributed by atoms with E-state index in [9.17, 15) is 4.79 Å². The fourth-order valence-electron chi connectivity index (χ4n) is 2.43. The van der Waals surface area contributed by atoms with Gasteiger partial charge in [0, 0.05) is 12.1 Å². The van der Waals surface area contributed by atoms with Crippen molar-refractivity contribution in [3.05, 3.63) is 65.2 Å². The minimum Gasteiger partial charge on any atom is -0.491 e. The van der Waals surface area contributed by atoms with Crippen molar-refractivity contribution in [1.29, 1.82) is 0 Å². The molecular formula is C20H26N2O2. The number of hydrogen-bond acceptors (Lipinski definition) is 3. The summed E-state index contributed by atoms with van der Waals surface area (Å²) in [6.45, 7) is 7.82. The van der Waals surface area contributed by atoms with Crippen molar-refractivity contribution < 1.29 is 9.53 Å². The Morgan fingerprint density at radius 1 is 1.08 bits per heavy atom. The molecule has 0 aromatic heterocycles. The Balaban J connectivity index is 1.86. The number of benzene rings is 2. The van der Waals surface area contributed by atoms with Crippen LogP contribution in [0.25, 0.3) is 0 Å². The summed E-state index contributed by atoms with van der Waals surface area (Å²) >= 11 is 0. The van der Waals surface area contributed by atoms with Crippen LogP contribution in [0.5, 0.6) is 5.75 Å². The Morgan fingerprint density at radius 2 is 1.75 bits per heavy atom. The zero-order valence-corrected chi connectivity index (χ0v) is 14.6. The average Bonchev–Trinajstić information content (AvgIpc) is 2.58. The molecule has 2 aromatic rings. The molecule has 0 spiro atoms. The van der Waals surface area contributed by atoms with Crippen molar-refractivity contribution in [2.45, 2.75) is 32.7 Å². The predicted molar refractivity (Wildman–Crippen MR) is 97.3 cm³/mol. The van der Waals surface area contributed by atoms with E-state index in [0.29, 0.717) is 25.3 Å². The minimum atomic E-state index is -0.105. The fraction of sp³-hybridized carbons (Fsp3) is 0.350. The maximum atomic E-state index is 12.1. The normalized spacial score (nSPS) is 11.2. The Kier molecular flexibility index (Phi) is 5.99. The lowest BCUT2D eigenvalue weighted by Gasteiger charge is -2.22. The van der Waals surface area contributed by atoms with Gasteiger partial charge in [-0.15, -0.1) is 0 Å². The molecule has 24 heavy (non-hydrogen) atoms. The number of hydrogen-bond donors (Lipinski definition) is 2. The van der Waals surface area contributed by atoms with Gasteiger partial charge in [0.25, 0.3) is 5.91 Å². The molecule has 0 unspecified atom stereocenters. The van der Waals surface area contributed by atoms with Crippen LogP contribution >= 0.6 is 0 Å². The summed E-state index contributed by atoms with van der Waals surface area (Å²) in [5.74, 6) is 0.762. The van der Waals surface area contributed by atoms with Gasteiger partial charge in [0.15, 0.2) is 0 Å². The maximum Gasteiger partial charge on any atom is 0.251 e. The van der Waals surface area contributed by atoms with Gasteiger partial charge >= 0.3 is 0 Å². The molecule has 0 bridgehead atoms. The van der Waals surface area contributed by atoms with Crippen LogP contribution in [0.3, 0.4) is 0 Å². The monoisotopic (exact) mass is 326 g/mol. The van der Waals surface area contributed by atoms with E-state index in [1.807, 2.05) is 30.3 Å². The van der Waals surface area contributed by atoms with Gasteiger partial charge in [0.05, 0.1) is 6.54 Å². The standard InChI is InChI=1S/C20H26N2O2/c1-20(2,3)17-6-4-5-7-18(17)24-13-12-22-19(23)16-10-8-15(14-21)9-11-16/h4-11H,12-14,21H2,1-3H3,(H,22,23). The first kappa shape index (κ1) is 18.0. The fourth-order valence-corrected chi connectivity index (χ4v) is 2.43. The lowest BCUT2D eigenvalue weighted by atomic mass is 9.86. The van der Waals surface area contributed by atoms with Gasteiger partial charge in [-0.1, -0.05) is 51.1 Å². The highest BCUT2D eigenvalue weighted by atomic mass is 16.5. The van der Waals surface area contributed by atoms with E-state index >= 15 is 0 Å². The number of carbonyl (C=O) groups excluding carboxylic acids is 1. The van der Waals surface area contributed by atoms with Crippen LogP contribution in [0.2, 0.25) is 0 Å². The van der Waals surface area contributed by atoms with Gasteiger partial charge in [-0.3, -0.25) is 4.79 Å². The first-order chi connectivity index (χ1) is 11.4. The second-order valence-corrected chi connectivity index (χ2v) is 6.75. The minimum absolute atomic E-state index is 0.0184. The molecule has 0 atom stereocenters. The summed E-state index contributed by atoms with van der Waals surface area (Å²) < 4.78 is 5.86. The summed E-state index contributed by atoms with van der Waals surface area (Å²) in [7, 11) is 0. The maximum absolute atomic E-state index is 12.1. The zero-order chi connectivity index (χ0) is 17.6. The molecule has 0 aliphatic carbocycles. The third-order valence-electron chi connectivity index (χ3n) is 3.79. The molecule has 0 fully saturated rings. The second kappa shape index (κ2) is 7.97. The van der Waals surface area contributed by atoms with Gasteiger partial charge in [-0.25, -0.2) is 0 Å². The SMILES string of the molecule is CC(C)(C)c1ccccc1OCCNC(=O)c1ccc(CN)cc1. The quantitative estimate of drug-likeness (QED) is 0.801. The van der Waals surface area contributed by atoms with E-state index in [0.717, 1.165) is 16.9 Å². The molecule has 0 saturated heterocycles. The highest BCUT2D eigenvalue weighted by Crippen LogP contribution is 2.30. The van der Waals surface area contributed by atoms with Crippen LogP contribution in [-0.2, 0) is 12.0 Å². The summed E-state index contributed by atoms with van der Waals surface area (Å²) in [4.78, 5) is 12.1. The Morgan fingerprint density at radius 3 is 2.38 bits per heavy atom. The molecule has 0 radical (unpaired) electrons. The van der Waals surface area contributed by atoms with E-state index in [1.54, 1.807) is 12.1 Å². The lowest BCUT2D eigenvalue weighted by Crippen LogP contribution is -2.28. The highest BCUT2D eigenvalue weighted by molar-refractivity contribution is 5.94. The molecule has 4 heteroatoms. The van der Waals surface area contributed by atoms with Crippen LogP contribution < -0.4 is 15.8 Å². The van der Waals surface area contributed by atoms with Gasteiger partial charge in [0.1, 0.15) is 12.4 Å². The summed E-state index contributed by atoms with van der Waals surface area (Å²) in [5.41, 5.74) is 8.37. The lowest BCUT2D eigenvalue weighted by molar-refractivity contribution is 0.0947.